The molecule has 1 aliphatic heterocycles. The van der Waals surface area contributed by atoms with E-state index in [1.807, 2.05) is 6.07 Å². The molecule has 4 aromatic rings. The van der Waals surface area contributed by atoms with E-state index in [2.05, 4.69) is 108 Å². The summed E-state index contributed by atoms with van der Waals surface area (Å²) in [5.74, 6) is 1.77. The first-order valence-corrected chi connectivity index (χ1v) is 11.0. The van der Waals surface area contributed by atoms with Gasteiger partial charge in [0.25, 0.3) is 5.01 Å². The monoisotopic (exact) mass is 411 g/mol. The number of para-hydroxylation sites is 1. The maximum absolute atomic E-state index is 6.16. The zero-order chi connectivity index (χ0) is 20.5. The third-order valence-corrected chi connectivity index (χ3v) is 6.59. The van der Waals surface area contributed by atoms with Crippen LogP contribution in [0.15, 0.2) is 90.8 Å². The van der Waals surface area contributed by atoms with Gasteiger partial charge in [0, 0.05) is 18.7 Å². The maximum atomic E-state index is 6.16. The van der Waals surface area contributed by atoms with Crippen molar-refractivity contribution in [3.05, 3.63) is 95.8 Å². The van der Waals surface area contributed by atoms with E-state index in [0.29, 0.717) is 0 Å². The van der Waals surface area contributed by atoms with Gasteiger partial charge in [0.1, 0.15) is 11.7 Å². The Labute approximate surface area is 180 Å². The molecule has 1 aliphatic rings. The van der Waals surface area contributed by atoms with E-state index in [1.165, 1.54) is 26.4 Å². The van der Waals surface area contributed by atoms with Crippen molar-refractivity contribution in [2.24, 2.45) is 7.05 Å². The van der Waals surface area contributed by atoms with Crippen LogP contribution in [-0.4, -0.2) is 6.54 Å². The molecule has 0 saturated heterocycles. The number of rotatable bonds is 4. The second kappa shape index (κ2) is 7.81. The Bertz CT molecular complexity index is 1270. The number of hydrogen-bond acceptors (Lipinski definition) is 3. The lowest BCUT2D eigenvalue weighted by molar-refractivity contribution is -0.642. The summed E-state index contributed by atoms with van der Waals surface area (Å²) in [6.45, 7) is 3.00. The molecule has 1 aromatic heterocycles. The van der Waals surface area contributed by atoms with E-state index in [1.54, 1.807) is 11.3 Å². The summed E-state index contributed by atoms with van der Waals surface area (Å²) in [4.78, 5) is 2.22. The SMILES string of the molecule is CCN1C(=CC=Cc2sc3ccccc3[n+]2C)Oc2ccc(-c3ccccc3)cc21. The summed E-state index contributed by atoms with van der Waals surface area (Å²) in [7, 11) is 2.11. The van der Waals surface area contributed by atoms with Gasteiger partial charge < -0.3 is 9.64 Å². The highest BCUT2D eigenvalue weighted by molar-refractivity contribution is 7.18. The molecular weight excluding hydrogens is 388 g/mol. The van der Waals surface area contributed by atoms with E-state index < -0.39 is 0 Å². The van der Waals surface area contributed by atoms with Crippen molar-refractivity contribution in [1.29, 1.82) is 0 Å². The molecule has 30 heavy (non-hydrogen) atoms. The Hall–Kier alpha value is -3.37. The third kappa shape index (κ3) is 3.29. The minimum Gasteiger partial charge on any atom is -0.439 e. The molecule has 0 fully saturated rings. The van der Waals surface area contributed by atoms with E-state index in [0.717, 1.165) is 23.9 Å². The minimum absolute atomic E-state index is 0.849. The van der Waals surface area contributed by atoms with E-state index in [4.69, 9.17) is 4.74 Å². The van der Waals surface area contributed by atoms with E-state index >= 15 is 0 Å². The highest BCUT2D eigenvalue weighted by atomic mass is 32.1. The number of anilines is 1. The van der Waals surface area contributed by atoms with Crippen LogP contribution in [0.4, 0.5) is 5.69 Å². The molecule has 0 saturated carbocycles. The van der Waals surface area contributed by atoms with Crippen LogP contribution < -0.4 is 14.2 Å². The molecule has 148 valence electrons. The molecule has 0 bridgehead atoms. The van der Waals surface area contributed by atoms with Crippen molar-refractivity contribution >= 4 is 33.3 Å². The normalized spacial score (nSPS) is 14.6. The Morgan fingerprint density at radius 3 is 2.57 bits per heavy atom. The van der Waals surface area contributed by atoms with Crippen LogP contribution in [0.5, 0.6) is 5.75 Å². The molecule has 0 radical (unpaired) electrons. The zero-order valence-electron chi connectivity index (χ0n) is 17.1. The van der Waals surface area contributed by atoms with Gasteiger partial charge in [-0.05, 0) is 48.4 Å². The number of benzene rings is 3. The van der Waals surface area contributed by atoms with Gasteiger partial charge in [-0.1, -0.05) is 59.9 Å². The van der Waals surface area contributed by atoms with Gasteiger partial charge in [-0.25, -0.2) is 0 Å². The highest BCUT2D eigenvalue weighted by Gasteiger charge is 2.25. The maximum Gasteiger partial charge on any atom is 0.262 e. The molecule has 0 amide bonds. The van der Waals surface area contributed by atoms with Crippen LogP contribution in [-0.2, 0) is 7.05 Å². The smallest absolute Gasteiger partial charge is 0.262 e. The number of ether oxygens (including phenoxy) is 1. The molecule has 0 spiro atoms. The summed E-state index contributed by atoms with van der Waals surface area (Å²) in [5.41, 5.74) is 4.78. The second-order valence-corrected chi connectivity index (χ2v) is 8.29. The quantitative estimate of drug-likeness (QED) is 0.374. The molecule has 4 heteroatoms. The molecule has 3 aromatic carbocycles. The van der Waals surface area contributed by atoms with Crippen molar-refractivity contribution in [3.8, 4) is 16.9 Å². The lowest BCUT2D eigenvalue weighted by atomic mass is 10.0. The van der Waals surface area contributed by atoms with Crippen LogP contribution in [0.3, 0.4) is 0 Å². The van der Waals surface area contributed by atoms with Crippen LogP contribution in [0.2, 0.25) is 0 Å². The number of hydrogen-bond donors (Lipinski definition) is 0. The Morgan fingerprint density at radius 2 is 1.77 bits per heavy atom. The zero-order valence-corrected chi connectivity index (χ0v) is 17.9. The van der Waals surface area contributed by atoms with Crippen LogP contribution in [0, 0.1) is 0 Å². The summed E-state index contributed by atoms with van der Waals surface area (Å²) in [6, 6.07) is 25.3. The van der Waals surface area contributed by atoms with Gasteiger partial charge in [0.2, 0.25) is 11.4 Å². The Balaban J connectivity index is 1.43. The second-order valence-electron chi connectivity index (χ2n) is 7.23. The molecule has 3 nitrogen and oxygen atoms in total. The molecule has 0 aliphatic carbocycles. The number of aromatic nitrogens is 1. The average molecular weight is 412 g/mol. The molecule has 0 unspecified atom stereocenters. The summed E-state index contributed by atoms with van der Waals surface area (Å²) in [5, 5.41) is 1.21. The number of allylic oxidation sites excluding steroid dienone is 2. The van der Waals surface area contributed by atoms with Gasteiger partial charge >= 0.3 is 0 Å². The van der Waals surface area contributed by atoms with Gasteiger partial charge in [0.05, 0.1) is 5.69 Å². The van der Waals surface area contributed by atoms with Gasteiger partial charge in [-0.2, -0.15) is 4.57 Å². The first-order chi connectivity index (χ1) is 14.7. The van der Waals surface area contributed by atoms with Crippen molar-refractivity contribution < 1.29 is 9.30 Å². The predicted octanol–water partition coefficient (Wildman–Crippen LogP) is 6.17. The number of aryl methyl sites for hydroxylation is 1. The first kappa shape index (κ1) is 18.6. The fraction of sp³-hybridized carbons (Fsp3) is 0.115. The lowest BCUT2D eigenvalue weighted by Crippen LogP contribution is -2.28. The largest absolute Gasteiger partial charge is 0.439 e. The average Bonchev–Trinajstić information content (AvgIpc) is 3.31. The number of thiazole rings is 1. The number of fused-ring (bicyclic) bond motifs is 2. The van der Waals surface area contributed by atoms with E-state index in [-0.39, 0.29) is 0 Å². The molecule has 0 N–H and O–H groups in total. The summed E-state index contributed by atoms with van der Waals surface area (Å²) >= 11 is 1.79. The summed E-state index contributed by atoms with van der Waals surface area (Å²) in [6.07, 6.45) is 6.27. The standard InChI is InChI=1S/C26H23N2OS/c1-3-28-22-18-20(19-10-5-4-6-11-19)16-17-23(22)29-25(28)14-9-15-26-27(2)21-12-7-8-13-24(21)30-26/h4-18H,3H2,1-2H3/q+1. The Kier molecular flexibility index (Phi) is 4.85. The molecular formula is C26H23N2OS+. The summed E-state index contributed by atoms with van der Waals surface area (Å²) < 4.78 is 9.68. The number of nitrogens with zero attached hydrogens (tertiary/aromatic N) is 2. The van der Waals surface area contributed by atoms with Gasteiger partial charge in [0.15, 0.2) is 5.75 Å². The van der Waals surface area contributed by atoms with Crippen LogP contribution >= 0.6 is 11.3 Å². The van der Waals surface area contributed by atoms with Crippen molar-refractivity contribution in [2.75, 3.05) is 11.4 Å². The van der Waals surface area contributed by atoms with E-state index in [9.17, 15) is 0 Å². The minimum atomic E-state index is 0.849. The van der Waals surface area contributed by atoms with Gasteiger partial charge in [-0.15, -0.1) is 0 Å². The van der Waals surface area contributed by atoms with Crippen molar-refractivity contribution in [1.82, 2.24) is 0 Å². The third-order valence-electron chi connectivity index (χ3n) is 5.40. The first-order valence-electron chi connectivity index (χ1n) is 10.2. The fourth-order valence-corrected chi connectivity index (χ4v) is 4.90. The Morgan fingerprint density at radius 1 is 0.967 bits per heavy atom. The fourth-order valence-electron chi connectivity index (χ4n) is 3.84. The molecule has 2 heterocycles. The van der Waals surface area contributed by atoms with Crippen molar-refractivity contribution in [3.63, 3.8) is 0 Å². The lowest BCUT2D eigenvalue weighted by Gasteiger charge is -2.15. The molecule has 5 rings (SSSR count). The predicted molar refractivity (Wildman–Crippen MR) is 126 cm³/mol. The van der Waals surface area contributed by atoms with Crippen molar-refractivity contribution in [2.45, 2.75) is 6.92 Å². The van der Waals surface area contributed by atoms with Crippen LogP contribution in [0.1, 0.15) is 11.9 Å². The molecule has 0 atom stereocenters. The van der Waals surface area contributed by atoms with Gasteiger partial charge in [-0.3, -0.25) is 0 Å². The topological polar surface area (TPSA) is 16.4 Å². The van der Waals surface area contributed by atoms with Crippen LogP contribution in [0.25, 0.3) is 27.4 Å². The highest BCUT2D eigenvalue weighted by Crippen LogP contribution is 2.41.